The van der Waals surface area contributed by atoms with E-state index in [0.29, 0.717) is 18.3 Å². The van der Waals surface area contributed by atoms with Crippen LogP contribution in [-0.4, -0.2) is 18.2 Å². The summed E-state index contributed by atoms with van der Waals surface area (Å²) in [6.45, 7) is 1.38. The van der Waals surface area contributed by atoms with Gasteiger partial charge in [-0.25, -0.2) is 9.37 Å². The number of rotatable bonds is 2. The van der Waals surface area contributed by atoms with E-state index < -0.39 is 0 Å². The molecule has 0 spiro atoms. The van der Waals surface area contributed by atoms with Crippen LogP contribution in [0.4, 0.5) is 9.52 Å². The molecule has 1 aliphatic heterocycles. The number of nitrogens with two attached hydrogens (primary N) is 1. The maximum atomic E-state index is 13.1. The fraction of sp³-hybridized carbons (Fsp3) is 0.357. The van der Waals surface area contributed by atoms with Gasteiger partial charge in [-0.15, -0.1) is 11.3 Å². The van der Waals surface area contributed by atoms with E-state index >= 15 is 0 Å². The van der Waals surface area contributed by atoms with E-state index in [2.05, 4.69) is 4.98 Å². The lowest BCUT2D eigenvalue weighted by atomic mass is 9.72. The van der Waals surface area contributed by atoms with Crippen LogP contribution in [0.3, 0.4) is 0 Å². The Kier molecular flexibility index (Phi) is 3.24. The maximum Gasteiger partial charge on any atom is 0.180 e. The summed E-state index contributed by atoms with van der Waals surface area (Å²) in [5, 5.41) is 2.58. The third-order valence-corrected chi connectivity index (χ3v) is 4.43. The van der Waals surface area contributed by atoms with Crippen molar-refractivity contribution in [3.05, 3.63) is 46.7 Å². The third kappa shape index (κ3) is 2.24. The second-order valence-electron chi connectivity index (χ2n) is 4.77. The van der Waals surface area contributed by atoms with E-state index in [9.17, 15) is 4.39 Å². The average molecular weight is 278 g/mol. The number of aromatic nitrogens is 1. The van der Waals surface area contributed by atoms with Crippen molar-refractivity contribution in [2.45, 2.75) is 18.3 Å². The van der Waals surface area contributed by atoms with Crippen LogP contribution in [0, 0.1) is 5.82 Å². The van der Waals surface area contributed by atoms with E-state index in [-0.39, 0.29) is 11.2 Å². The standard InChI is InChI=1S/C14H15FN2OS/c15-11-3-1-10(2-4-11)14(5-7-18-8-6-14)12-9-19-13(16)17-12/h1-4,9H,5-8H2,(H2,16,17). The molecular formula is C14H15FN2OS. The number of hydrogen-bond donors (Lipinski definition) is 1. The molecule has 2 aromatic rings. The summed E-state index contributed by atoms with van der Waals surface area (Å²) in [5.41, 5.74) is 7.63. The molecule has 0 amide bonds. The maximum absolute atomic E-state index is 13.1. The van der Waals surface area contributed by atoms with Gasteiger partial charge in [0.25, 0.3) is 0 Å². The number of ether oxygens (including phenoxy) is 1. The van der Waals surface area contributed by atoms with Crippen LogP contribution in [0.2, 0.25) is 0 Å². The van der Waals surface area contributed by atoms with Gasteiger partial charge in [0, 0.05) is 24.0 Å². The van der Waals surface area contributed by atoms with Crippen LogP contribution in [-0.2, 0) is 10.2 Å². The van der Waals surface area contributed by atoms with Crippen LogP contribution in [0.1, 0.15) is 24.1 Å². The van der Waals surface area contributed by atoms with Crippen molar-refractivity contribution < 1.29 is 9.13 Å². The number of thiazole rings is 1. The summed E-state index contributed by atoms with van der Waals surface area (Å²) < 4.78 is 18.6. The molecule has 100 valence electrons. The van der Waals surface area contributed by atoms with Gasteiger partial charge in [-0.3, -0.25) is 0 Å². The number of benzene rings is 1. The molecule has 1 fully saturated rings. The van der Waals surface area contributed by atoms with Gasteiger partial charge in [0.2, 0.25) is 0 Å². The molecule has 1 aromatic carbocycles. The van der Waals surface area contributed by atoms with Gasteiger partial charge >= 0.3 is 0 Å². The number of nitrogen functional groups attached to an aromatic ring is 1. The number of anilines is 1. The molecule has 2 N–H and O–H groups in total. The lowest BCUT2D eigenvalue weighted by molar-refractivity contribution is 0.0620. The molecule has 0 unspecified atom stereocenters. The third-order valence-electron chi connectivity index (χ3n) is 3.76. The van der Waals surface area contributed by atoms with Crippen molar-refractivity contribution >= 4 is 16.5 Å². The Morgan fingerprint density at radius 1 is 1.21 bits per heavy atom. The van der Waals surface area contributed by atoms with Gasteiger partial charge in [0.1, 0.15) is 5.82 Å². The second-order valence-corrected chi connectivity index (χ2v) is 5.66. The molecule has 2 heterocycles. The van der Waals surface area contributed by atoms with Crippen molar-refractivity contribution in [3.63, 3.8) is 0 Å². The first kappa shape index (κ1) is 12.6. The SMILES string of the molecule is Nc1nc(C2(c3ccc(F)cc3)CCOCC2)cs1. The van der Waals surface area contributed by atoms with Gasteiger partial charge < -0.3 is 10.5 Å². The van der Waals surface area contributed by atoms with Gasteiger partial charge in [0.15, 0.2) is 5.13 Å². The van der Waals surface area contributed by atoms with Crippen LogP contribution in [0.15, 0.2) is 29.6 Å². The normalized spacial score (nSPS) is 18.4. The molecule has 19 heavy (non-hydrogen) atoms. The predicted octanol–water partition coefficient (Wildman–Crippen LogP) is 2.96. The highest BCUT2D eigenvalue weighted by Gasteiger charge is 2.38. The zero-order valence-electron chi connectivity index (χ0n) is 10.4. The molecule has 1 aliphatic rings. The minimum absolute atomic E-state index is 0.194. The Morgan fingerprint density at radius 3 is 2.47 bits per heavy atom. The van der Waals surface area contributed by atoms with E-state index in [0.717, 1.165) is 24.1 Å². The summed E-state index contributed by atoms with van der Waals surface area (Å²) in [6.07, 6.45) is 1.70. The summed E-state index contributed by atoms with van der Waals surface area (Å²) in [6, 6.07) is 6.69. The van der Waals surface area contributed by atoms with Crippen molar-refractivity contribution in [1.29, 1.82) is 0 Å². The van der Waals surface area contributed by atoms with Crippen LogP contribution < -0.4 is 5.73 Å². The fourth-order valence-electron chi connectivity index (χ4n) is 2.69. The van der Waals surface area contributed by atoms with Crippen molar-refractivity contribution in [2.75, 3.05) is 18.9 Å². The average Bonchev–Trinajstić information content (AvgIpc) is 2.87. The molecule has 0 bridgehead atoms. The van der Waals surface area contributed by atoms with E-state index in [4.69, 9.17) is 10.5 Å². The van der Waals surface area contributed by atoms with Gasteiger partial charge in [-0.2, -0.15) is 0 Å². The topological polar surface area (TPSA) is 48.1 Å². The zero-order chi connectivity index (χ0) is 13.3. The predicted molar refractivity (Wildman–Crippen MR) is 73.8 cm³/mol. The number of halogens is 1. The van der Waals surface area contributed by atoms with Gasteiger partial charge in [0.05, 0.1) is 5.69 Å². The molecular weight excluding hydrogens is 263 g/mol. The highest BCUT2D eigenvalue weighted by Crippen LogP contribution is 2.41. The first-order valence-electron chi connectivity index (χ1n) is 6.26. The van der Waals surface area contributed by atoms with E-state index in [1.807, 2.05) is 17.5 Å². The molecule has 0 saturated carbocycles. The van der Waals surface area contributed by atoms with Crippen molar-refractivity contribution in [3.8, 4) is 0 Å². The quantitative estimate of drug-likeness (QED) is 0.918. The Balaban J connectivity index is 2.08. The molecule has 0 radical (unpaired) electrons. The minimum atomic E-state index is -0.219. The Hall–Kier alpha value is -1.46. The lowest BCUT2D eigenvalue weighted by Gasteiger charge is -2.36. The monoisotopic (exact) mass is 278 g/mol. The first-order chi connectivity index (χ1) is 9.21. The smallest absolute Gasteiger partial charge is 0.180 e. The Labute approximate surface area is 115 Å². The van der Waals surface area contributed by atoms with Crippen LogP contribution in [0.5, 0.6) is 0 Å². The molecule has 3 nitrogen and oxygen atoms in total. The van der Waals surface area contributed by atoms with Crippen LogP contribution >= 0.6 is 11.3 Å². The highest BCUT2D eigenvalue weighted by molar-refractivity contribution is 7.13. The largest absolute Gasteiger partial charge is 0.381 e. The molecule has 3 rings (SSSR count). The van der Waals surface area contributed by atoms with Gasteiger partial charge in [-0.05, 0) is 30.5 Å². The van der Waals surface area contributed by atoms with E-state index in [1.54, 1.807) is 0 Å². The molecule has 1 saturated heterocycles. The second kappa shape index (κ2) is 4.90. The lowest BCUT2D eigenvalue weighted by Crippen LogP contribution is -2.35. The summed E-state index contributed by atoms with van der Waals surface area (Å²) in [5.74, 6) is -0.219. The number of hydrogen-bond acceptors (Lipinski definition) is 4. The molecule has 0 atom stereocenters. The summed E-state index contributed by atoms with van der Waals surface area (Å²) >= 11 is 1.45. The van der Waals surface area contributed by atoms with Crippen molar-refractivity contribution in [2.24, 2.45) is 0 Å². The minimum Gasteiger partial charge on any atom is -0.381 e. The molecule has 5 heteroatoms. The summed E-state index contributed by atoms with van der Waals surface area (Å²) in [4.78, 5) is 4.45. The van der Waals surface area contributed by atoms with Gasteiger partial charge in [-0.1, -0.05) is 12.1 Å². The first-order valence-corrected chi connectivity index (χ1v) is 7.14. The number of nitrogens with zero attached hydrogens (tertiary/aromatic N) is 1. The van der Waals surface area contributed by atoms with E-state index in [1.165, 1.54) is 23.5 Å². The fourth-order valence-corrected chi connectivity index (χ4v) is 3.35. The molecule has 0 aliphatic carbocycles. The van der Waals surface area contributed by atoms with Crippen LogP contribution in [0.25, 0.3) is 0 Å². The Bertz CT molecular complexity index is 561. The Morgan fingerprint density at radius 2 is 1.89 bits per heavy atom. The van der Waals surface area contributed by atoms with Crippen molar-refractivity contribution in [1.82, 2.24) is 4.98 Å². The zero-order valence-corrected chi connectivity index (χ0v) is 11.3. The molecule has 1 aromatic heterocycles. The highest BCUT2D eigenvalue weighted by atomic mass is 32.1. The summed E-state index contributed by atoms with van der Waals surface area (Å²) in [7, 11) is 0.